The summed E-state index contributed by atoms with van der Waals surface area (Å²) in [6, 6.07) is 10.8. The highest BCUT2D eigenvalue weighted by molar-refractivity contribution is 5.98. The molecule has 0 bridgehead atoms. The van der Waals surface area contributed by atoms with Crippen LogP contribution in [0.2, 0.25) is 0 Å². The molecule has 1 N–H and O–H groups in total. The van der Waals surface area contributed by atoms with Crippen LogP contribution >= 0.6 is 0 Å². The molecule has 0 aliphatic heterocycles. The maximum Gasteiger partial charge on any atom is 0.345 e. The molecule has 0 unspecified atom stereocenters. The van der Waals surface area contributed by atoms with Gasteiger partial charge < -0.3 is 19.5 Å². The molecule has 142 valence electrons. The van der Waals surface area contributed by atoms with Crippen LogP contribution in [0.15, 0.2) is 42.5 Å². The zero-order valence-electron chi connectivity index (χ0n) is 14.8. The molecular formula is C18H18N2O7. The van der Waals surface area contributed by atoms with Gasteiger partial charge in [-0.15, -0.1) is 0 Å². The van der Waals surface area contributed by atoms with Crippen LogP contribution in [0.25, 0.3) is 0 Å². The van der Waals surface area contributed by atoms with Gasteiger partial charge in [-0.3, -0.25) is 14.9 Å². The van der Waals surface area contributed by atoms with Crippen LogP contribution in [0.3, 0.4) is 0 Å². The second-order valence-corrected chi connectivity index (χ2v) is 5.20. The van der Waals surface area contributed by atoms with E-state index in [0.717, 1.165) is 12.1 Å². The van der Waals surface area contributed by atoms with Crippen molar-refractivity contribution in [2.75, 3.05) is 25.6 Å². The quantitative estimate of drug-likeness (QED) is 0.429. The fraction of sp³-hybridized carbons (Fsp3) is 0.222. The molecule has 0 atom stereocenters. The van der Waals surface area contributed by atoms with Crippen LogP contribution in [0.1, 0.15) is 17.3 Å². The Balaban J connectivity index is 2.14. The number of hydrogen-bond acceptors (Lipinski definition) is 7. The van der Waals surface area contributed by atoms with E-state index in [-0.39, 0.29) is 23.7 Å². The largest absolute Gasteiger partial charge is 0.493 e. The summed E-state index contributed by atoms with van der Waals surface area (Å²) in [5, 5.41) is 13.8. The molecule has 9 heteroatoms. The minimum atomic E-state index is -1.02. The number of para-hydroxylation sites is 1. The average Bonchev–Trinajstić information content (AvgIpc) is 2.66. The van der Waals surface area contributed by atoms with Crippen LogP contribution in [-0.4, -0.2) is 37.1 Å². The number of carbonyl (C=O) groups is 2. The van der Waals surface area contributed by atoms with Crippen molar-refractivity contribution in [2.24, 2.45) is 0 Å². The number of anilines is 1. The van der Waals surface area contributed by atoms with Crippen molar-refractivity contribution < 1.29 is 28.7 Å². The predicted octanol–water partition coefficient (Wildman–Crippen LogP) is 2.80. The molecule has 0 spiro atoms. The van der Waals surface area contributed by atoms with Crippen LogP contribution in [-0.2, 0) is 9.53 Å². The lowest BCUT2D eigenvalue weighted by atomic mass is 10.1. The zero-order chi connectivity index (χ0) is 19.8. The average molecular weight is 374 g/mol. The number of carbonyl (C=O) groups excluding carboxylic acids is 2. The first-order valence-corrected chi connectivity index (χ1v) is 7.97. The second kappa shape index (κ2) is 9.18. The number of benzene rings is 2. The Morgan fingerprint density at radius 1 is 1.15 bits per heavy atom. The van der Waals surface area contributed by atoms with E-state index in [9.17, 15) is 19.7 Å². The zero-order valence-corrected chi connectivity index (χ0v) is 14.8. The standard InChI is InChI=1S/C18H18N2O7/c1-3-26-16-10-14(20(23)24)13(9-15(16)25-2)18(22)27-11-17(21)19-12-7-5-4-6-8-12/h4-10H,3,11H2,1-2H3,(H,19,21). The number of nitrogens with one attached hydrogen (secondary N) is 1. The fourth-order valence-electron chi connectivity index (χ4n) is 2.22. The van der Waals surface area contributed by atoms with E-state index in [4.69, 9.17) is 14.2 Å². The molecule has 2 rings (SSSR count). The number of hydrogen-bond donors (Lipinski definition) is 1. The van der Waals surface area contributed by atoms with Crippen molar-refractivity contribution in [3.8, 4) is 11.5 Å². The number of nitro benzene ring substituents is 1. The van der Waals surface area contributed by atoms with Crippen molar-refractivity contribution in [3.63, 3.8) is 0 Å². The van der Waals surface area contributed by atoms with Gasteiger partial charge in [-0.05, 0) is 19.1 Å². The highest BCUT2D eigenvalue weighted by Gasteiger charge is 2.26. The van der Waals surface area contributed by atoms with Gasteiger partial charge in [0.2, 0.25) is 0 Å². The lowest BCUT2D eigenvalue weighted by Crippen LogP contribution is -2.21. The lowest BCUT2D eigenvalue weighted by Gasteiger charge is -2.11. The molecule has 1 amide bonds. The Kier molecular flexibility index (Phi) is 6.70. The van der Waals surface area contributed by atoms with Gasteiger partial charge in [-0.25, -0.2) is 4.79 Å². The molecular weight excluding hydrogens is 356 g/mol. The summed E-state index contributed by atoms with van der Waals surface area (Å²) in [5.41, 5.74) is -0.312. The number of methoxy groups -OCH3 is 1. The molecule has 0 aromatic heterocycles. The number of ether oxygens (including phenoxy) is 3. The van der Waals surface area contributed by atoms with Gasteiger partial charge in [0, 0.05) is 11.8 Å². The summed E-state index contributed by atoms with van der Waals surface area (Å²) in [6.07, 6.45) is 0. The smallest absolute Gasteiger partial charge is 0.345 e. The first-order valence-electron chi connectivity index (χ1n) is 7.97. The molecule has 0 saturated heterocycles. The second-order valence-electron chi connectivity index (χ2n) is 5.20. The van der Waals surface area contributed by atoms with Crippen molar-refractivity contribution in [2.45, 2.75) is 6.92 Å². The van der Waals surface area contributed by atoms with Crippen molar-refractivity contribution in [1.82, 2.24) is 0 Å². The van der Waals surface area contributed by atoms with Crippen LogP contribution < -0.4 is 14.8 Å². The Labute approximate surface area is 155 Å². The fourth-order valence-corrected chi connectivity index (χ4v) is 2.22. The number of nitro groups is 1. The molecule has 2 aromatic carbocycles. The monoisotopic (exact) mass is 374 g/mol. The summed E-state index contributed by atoms with van der Waals surface area (Å²) in [5.74, 6) is -1.32. The topological polar surface area (TPSA) is 117 Å². The molecule has 2 aromatic rings. The Bertz CT molecular complexity index is 837. The molecule has 9 nitrogen and oxygen atoms in total. The van der Waals surface area contributed by atoms with Crippen LogP contribution in [0.4, 0.5) is 11.4 Å². The van der Waals surface area contributed by atoms with E-state index in [0.29, 0.717) is 5.69 Å². The summed E-state index contributed by atoms with van der Waals surface area (Å²) >= 11 is 0. The first-order chi connectivity index (χ1) is 13.0. The van der Waals surface area contributed by atoms with Gasteiger partial charge in [-0.1, -0.05) is 18.2 Å². The summed E-state index contributed by atoms with van der Waals surface area (Å²) < 4.78 is 15.3. The number of esters is 1. The van der Waals surface area contributed by atoms with Crippen LogP contribution in [0, 0.1) is 10.1 Å². The summed E-state index contributed by atoms with van der Waals surface area (Å²) in [6.45, 7) is 1.37. The minimum Gasteiger partial charge on any atom is -0.493 e. The van der Waals surface area contributed by atoms with Crippen molar-refractivity contribution >= 4 is 23.3 Å². The molecule has 0 aliphatic rings. The summed E-state index contributed by atoms with van der Waals surface area (Å²) in [4.78, 5) is 34.7. The van der Waals surface area contributed by atoms with E-state index < -0.39 is 29.1 Å². The van der Waals surface area contributed by atoms with Gasteiger partial charge >= 0.3 is 5.97 Å². The van der Waals surface area contributed by atoms with Gasteiger partial charge in [-0.2, -0.15) is 0 Å². The third-order valence-corrected chi connectivity index (χ3v) is 3.39. The van der Waals surface area contributed by atoms with E-state index in [1.54, 1.807) is 37.3 Å². The molecule has 0 fully saturated rings. The van der Waals surface area contributed by atoms with E-state index in [2.05, 4.69) is 5.32 Å². The lowest BCUT2D eigenvalue weighted by molar-refractivity contribution is -0.385. The van der Waals surface area contributed by atoms with E-state index >= 15 is 0 Å². The van der Waals surface area contributed by atoms with E-state index in [1.165, 1.54) is 7.11 Å². The molecule has 0 heterocycles. The molecule has 27 heavy (non-hydrogen) atoms. The molecule has 0 radical (unpaired) electrons. The van der Waals surface area contributed by atoms with Gasteiger partial charge in [0.1, 0.15) is 5.56 Å². The van der Waals surface area contributed by atoms with Gasteiger partial charge in [0.05, 0.1) is 24.7 Å². The van der Waals surface area contributed by atoms with E-state index in [1.807, 2.05) is 0 Å². The highest BCUT2D eigenvalue weighted by Crippen LogP contribution is 2.35. The van der Waals surface area contributed by atoms with Crippen molar-refractivity contribution in [3.05, 3.63) is 58.1 Å². The minimum absolute atomic E-state index is 0.130. The third kappa shape index (κ3) is 5.18. The molecule has 0 aliphatic carbocycles. The Morgan fingerprint density at radius 3 is 2.44 bits per heavy atom. The normalized spacial score (nSPS) is 10.0. The Hall–Kier alpha value is -3.62. The number of amides is 1. The summed E-state index contributed by atoms with van der Waals surface area (Å²) in [7, 11) is 1.34. The van der Waals surface area contributed by atoms with Gasteiger partial charge in [0.25, 0.3) is 11.6 Å². The predicted molar refractivity (Wildman–Crippen MR) is 96.2 cm³/mol. The van der Waals surface area contributed by atoms with Crippen molar-refractivity contribution in [1.29, 1.82) is 0 Å². The van der Waals surface area contributed by atoms with Crippen LogP contribution in [0.5, 0.6) is 11.5 Å². The first kappa shape index (κ1) is 19.7. The maximum absolute atomic E-state index is 12.3. The highest BCUT2D eigenvalue weighted by atomic mass is 16.6. The van der Waals surface area contributed by atoms with Gasteiger partial charge in [0.15, 0.2) is 18.1 Å². The Morgan fingerprint density at radius 2 is 1.85 bits per heavy atom. The maximum atomic E-state index is 12.3. The number of rotatable bonds is 8. The SMILES string of the molecule is CCOc1cc([N+](=O)[O-])c(C(=O)OCC(=O)Nc2ccccc2)cc1OC. The number of nitrogens with zero attached hydrogens (tertiary/aromatic N) is 1. The third-order valence-electron chi connectivity index (χ3n) is 3.39. The molecule has 0 saturated carbocycles.